The van der Waals surface area contributed by atoms with E-state index in [1.54, 1.807) is 27.7 Å². The molecule has 1 aromatic rings. The first-order chi connectivity index (χ1) is 13.0. The molecule has 0 saturated carbocycles. The maximum Gasteiger partial charge on any atom is 0.408 e. The Morgan fingerprint density at radius 1 is 1.25 bits per heavy atom. The molecule has 1 atom stereocenters. The summed E-state index contributed by atoms with van der Waals surface area (Å²) < 4.78 is 26.0. The van der Waals surface area contributed by atoms with Crippen LogP contribution in [-0.4, -0.2) is 24.1 Å². The number of Topliss-reactive ketones (excluding diaryl/α,β-unsaturated/α-hetero) is 1. The normalized spacial score (nSPS) is 12.4. The summed E-state index contributed by atoms with van der Waals surface area (Å²) in [6, 6.07) is 0.532. The molecule has 28 heavy (non-hydrogen) atoms. The first kappa shape index (κ1) is 24.2. The van der Waals surface area contributed by atoms with E-state index in [1.807, 2.05) is 0 Å². The summed E-state index contributed by atoms with van der Waals surface area (Å²) in [4.78, 5) is 24.4. The number of ketones is 1. The van der Waals surface area contributed by atoms with E-state index in [0.29, 0.717) is 6.42 Å². The Balaban J connectivity index is 3.44. The number of hydrogen-bond acceptors (Lipinski definition) is 4. The second-order valence-electron chi connectivity index (χ2n) is 7.65. The number of alkyl carbamates (subject to hydrolysis) is 1. The van der Waals surface area contributed by atoms with Crippen LogP contribution in [0.4, 0.5) is 9.18 Å². The van der Waals surface area contributed by atoms with E-state index in [-0.39, 0.29) is 34.3 Å². The fourth-order valence-corrected chi connectivity index (χ4v) is 3.05. The molecule has 1 aromatic carbocycles. The van der Waals surface area contributed by atoms with Gasteiger partial charge in [0.25, 0.3) is 0 Å². The molecule has 0 spiro atoms. The van der Waals surface area contributed by atoms with Crippen LogP contribution in [0.1, 0.15) is 89.2 Å². The Morgan fingerprint density at radius 2 is 1.89 bits per heavy atom. The molecule has 1 amide bonds. The Bertz CT molecular complexity index is 701. The molecule has 0 aliphatic rings. The number of hydrogen-bond donors (Lipinski definition) is 1. The molecule has 0 aliphatic carbocycles. The number of halogens is 2. The van der Waals surface area contributed by atoms with Gasteiger partial charge in [-0.2, -0.15) is 0 Å². The molecule has 158 valence electrons. The van der Waals surface area contributed by atoms with Crippen LogP contribution in [0, 0.1) is 5.82 Å². The molecule has 0 saturated heterocycles. The van der Waals surface area contributed by atoms with Gasteiger partial charge in [-0.15, -0.1) is 0 Å². The van der Waals surface area contributed by atoms with Gasteiger partial charge in [0, 0.05) is 0 Å². The van der Waals surface area contributed by atoms with Gasteiger partial charge in [-0.25, -0.2) is 9.18 Å². The predicted molar refractivity (Wildman–Crippen MR) is 109 cm³/mol. The number of carbonyl (C=O) groups is 2. The van der Waals surface area contributed by atoms with Gasteiger partial charge >= 0.3 is 6.09 Å². The van der Waals surface area contributed by atoms with Crippen LogP contribution in [0.15, 0.2) is 6.07 Å². The summed E-state index contributed by atoms with van der Waals surface area (Å²) in [5.41, 5.74) is -0.422. The second kappa shape index (κ2) is 10.6. The van der Waals surface area contributed by atoms with Crippen molar-refractivity contribution in [2.75, 3.05) is 6.61 Å². The lowest BCUT2D eigenvalue weighted by Gasteiger charge is -2.26. The van der Waals surface area contributed by atoms with Crippen LogP contribution in [-0.2, 0) is 4.74 Å². The maximum atomic E-state index is 15.1. The molecular weight excluding hydrogens is 385 g/mol. The Hall–Kier alpha value is -1.82. The first-order valence-corrected chi connectivity index (χ1v) is 10.0. The molecule has 0 heterocycles. The van der Waals surface area contributed by atoms with Crippen molar-refractivity contribution in [1.29, 1.82) is 0 Å². The lowest BCUT2D eigenvalue weighted by Crippen LogP contribution is -2.35. The van der Waals surface area contributed by atoms with E-state index < -0.39 is 23.6 Å². The van der Waals surface area contributed by atoms with Gasteiger partial charge in [0.05, 0.1) is 28.8 Å². The van der Waals surface area contributed by atoms with Crippen molar-refractivity contribution in [3.63, 3.8) is 0 Å². The SMILES string of the molecule is CCCCCC(NC(=O)OC(C)(C)C)c1c(F)c(Cl)cc(C(C)=O)c1OCC. The average Bonchev–Trinajstić information content (AvgIpc) is 2.56. The van der Waals surface area contributed by atoms with Crippen LogP contribution in [0.25, 0.3) is 0 Å². The summed E-state index contributed by atoms with van der Waals surface area (Å²) >= 11 is 6.06. The summed E-state index contributed by atoms with van der Waals surface area (Å²) in [6.45, 7) is 10.6. The van der Waals surface area contributed by atoms with Gasteiger partial charge in [-0.1, -0.05) is 37.8 Å². The summed E-state index contributed by atoms with van der Waals surface area (Å²) in [5, 5.41) is 2.55. The van der Waals surface area contributed by atoms with Crippen molar-refractivity contribution in [1.82, 2.24) is 5.32 Å². The highest BCUT2D eigenvalue weighted by Gasteiger charge is 2.29. The average molecular weight is 416 g/mol. The van der Waals surface area contributed by atoms with Gasteiger partial charge in [-0.3, -0.25) is 4.79 Å². The molecule has 1 rings (SSSR count). The summed E-state index contributed by atoms with van der Waals surface area (Å²) in [7, 11) is 0. The van der Waals surface area contributed by atoms with E-state index >= 15 is 4.39 Å². The lowest BCUT2D eigenvalue weighted by molar-refractivity contribution is 0.0499. The van der Waals surface area contributed by atoms with Gasteiger partial charge in [-0.05, 0) is 47.1 Å². The lowest BCUT2D eigenvalue weighted by atomic mass is 9.95. The van der Waals surface area contributed by atoms with Crippen LogP contribution < -0.4 is 10.1 Å². The van der Waals surface area contributed by atoms with Crippen molar-refractivity contribution in [2.45, 2.75) is 78.9 Å². The molecule has 0 radical (unpaired) electrons. The van der Waals surface area contributed by atoms with E-state index in [1.165, 1.54) is 13.0 Å². The highest BCUT2D eigenvalue weighted by atomic mass is 35.5. The maximum absolute atomic E-state index is 15.1. The van der Waals surface area contributed by atoms with Gasteiger partial charge in [0.1, 0.15) is 11.4 Å². The number of rotatable bonds is 9. The Morgan fingerprint density at radius 3 is 2.39 bits per heavy atom. The van der Waals surface area contributed by atoms with E-state index in [2.05, 4.69) is 12.2 Å². The second-order valence-corrected chi connectivity index (χ2v) is 8.05. The van der Waals surface area contributed by atoms with Crippen molar-refractivity contribution in [3.05, 3.63) is 28.0 Å². The van der Waals surface area contributed by atoms with Crippen LogP contribution >= 0.6 is 11.6 Å². The number of carbonyl (C=O) groups excluding carboxylic acids is 2. The molecule has 5 nitrogen and oxygen atoms in total. The molecule has 0 aromatic heterocycles. The van der Waals surface area contributed by atoms with Crippen molar-refractivity contribution < 1.29 is 23.5 Å². The number of unbranched alkanes of at least 4 members (excludes halogenated alkanes) is 2. The minimum atomic E-state index is -0.736. The number of ether oxygens (including phenoxy) is 2. The van der Waals surface area contributed by atoms with Gasteiger partial charge < -0.3 is 14.8 Å². The number of benzene rings is 1. The van der Waals surface area contributed by atoms with Crippen molar-refractivity contribution in [2.24, 2.45) is 0 Å². The highest BCUT2D eigenvalue weighted by Crippen LogP contribution is 2.38. The third-order valence-electron chi connectivity index (χ3n) is 4.01. The predicted octanol–water partition coefficient (Wildman–Crippen LogP) is 6.23. The van der Waals surface area contributed by atoms with Crippen molar-refractivity contribution in [3.8, 4) is 5.75 Å². The zero-order chi connectivity index (χ0) is 21.5. The van der Waals surface area contributed by atoms with Crippen molar-refractivity contribution >= 4 is 23.5 Å². The fourth-order valence-electron chi connectivity index (χ4n) is 2.84. The zero-order valence-electron chi connectivity index (χ0n) is 17.6. The smallest absolute Gasteiger partial charge is 0.408 e. The fraction of sp³-hybridized carbons (Fsp3) is 0.619. The number of nitrogens with one attached hydrogen (secondary N) is 1. The van der Waals surface area contributed by atoms with E-state index in [9.17, 15) is 9.59 Å². The van der Waals surface area contributed by atoms with Crippen LogP contribution in [0.5, 0.6) is 5.75 Å². The standard InChI is InChI=1S/C21H31ClFNO4/c1-7-9-10-11-16(24-20(26)28-21(4,5)6)17-18(23)15(22)12-14(13(3)25)19(17)27-8-2/h12,16H,7-11H2,1-6H3,(H,24,26). The third kappa shape index (κ3) is 6.97. The quantitative estimate of drug-likeness (QED) is 0.383. The summed E-state index contributed by atoms with van der Waals surface area (Å²) in [6.07, 6.45) is 2.43. The highest BCUT2D eigenvalue weighted by molar-refractivity contribution is 6.31. The largest absolute Gasteiger partial charge is 0.493 e. The van der Waals surface area contributed by atoms with E-state index in [4.69, 9.17) is 21.1 Å². The van der Waals surface area contributed by atoms with E-state index in [0.717, 1.165) is 19.3 Å². The monoisotopic (exact) mass is 415 g/mol. The number of amides is 1. The summed E-state index contributed by atoms with van der Waals surface area (Å²) in [5.74, 6) is -0.877. The molecule has 0 aliphatic heterocycles. The molecule has 0 bridgehead atoms. The van der Waals surface area contributed by atoms with Crippen LogP contribution in [0.3, 0.4) is 0 Å². The Kier molecular flexibility index (Phi) is 9.21. The first-order valence-electron chi connectivity index (χ1n) is 9.66. The minimum absolute atomic E-state index is 0.0847. The molecule has 7 heteroatoms. The third-order valence-corrected chi connectivity index (χ3v) is 4.29. The molecule has 1 N–H and O–H groups in total. The van der Waals surface area contributed by atoms with Gasteiger partial charge in [0.15, 0.2) is 11.6 Å². The zero-order valence-corrected chi connectivity index (χ0v) is 18.3. The topological polar surface area (TPSA) is 64.6 Å². The van der Waals surface area contributed by atoms with Gasteiger partial charge in [0.2, 0.25) is 0 Å². The molecular formula is C21H31ClFNO4. The molecule has 0 fully saturated rings. The Labute approximate surface area is 171 Å². The van der Waals surface area contributed by atoms with Crippen LogP contribution in [0.2, 0.25) is 5.02 Å². The molecule has 1 unspecified atom stereocenters. The minimum Gasteiger partial charge on any atom is -0.493 e.